The highest BCUT2D eigenvalue weighted by Crippen LogP contribution is 2.26. The van der Waals surface area contributed by atoms with Crippen LogP contribution in [-0.4, -0.2) is 83.0 Å². The van der Waals surface area contributed by atoms with E-state index in [-0.39, 0.29) is 29.5 Å². The zero-order valence-corrected chi connectivity index (χ0v) is 26.7. The fourth-order valence-electron chi connectivity index (χ4n) is 5.43. The van der Waals surface area contributed by atoms with Crippen molar-refractivity contribution in [3.05, 3.63) is 70.3 Å². The SMILES string of the molecule is CC.CC(C)(C)N1CCC(C(=O)N2CCN(CC(=O)O)CC2)C1.Cc1c(F)cccc1F.Cc1ccc2c(c1)CCC2. The number of rotatable bonds is 3. The van der Waals surface area contributed by atoms with E-state index in [1.807, 2.05) is 23.6 Å². The lowest BCUT2D eigenvalue weighted by atomic mass is 10.1. The van der Waals surface area contributed by atoms with Crippen LogP contribution in [0.3, 0.4) is 0 Å². The lowest BCUT2D eigenvalue weighted by molar-refractivity contribution is -0.140. The summed E-state index contributed by atoms with van der Waals surface area (Å²) in [4.78, 5) is 29.4. The number of hydrogen-bond donors (Lipinski definition) is 1. The fraction of sp³-hybridized carbons (Fsp3) is 0.588. The van der Waals surface area contributed by atoms with Crippen molar-refractivity contribution in [3.63, 3.8) is 0 Å². The summed E-state index contributed by atoms with van der Waals surface area (Å²) >= 11 is 0. The fourth-order valence-corrected chi connectivity index (χ4v) is 5.43. The van der Waals surface area contributed by atoms with Crippen LogP contribution in [0.5, 0.6) is 0 Å². The molecule has 2 aromatic rings. The number of benzene rings is 2. The molecular formula is C34H51F2N3O3. The van der Waals surface area contributed by atoms with E-state index < -0.39 is 17.6 Å². The highest BCUT2D eigenvalue weighted by molar-refractivity contribution is 5.79. The van der Waals surface area contributed by atoms with Gasteiger partial charge in [-0.05, 0) is 90.1 Å². The number of aryl methyl sites for hydroxylation is 3. The number of piperazine rings is 1. The summed E-state index contributed by atoms with van der Waals surface area (Å²) in [6.07, 6.45) is 4.90. The number of likely N-dealkylation sites (tertiary alicyclic amines) is 1. The number of halogens is 2. The van der Waals surface area contributed by atoms with Crippen LogP contribution in [0, 0.1) is 31.4 Å². The summed E-state index contributed by atoms with van der Waals surface area (Å²) in [7, 11) is 0. The summed E-state index contributed by atoms with van der Waals surface area (Å²) in [6, 6.07) is 10.6. The topological polar surface area (TPSA) is 64.1 Å². The Bertz CT molecular complexity index is 1140. The monoisotopic (exact) mass is 587 g/mol. The third kappa shape index (κ3) is 10.8. The molecule has 0 saturated carbocycles. The van der Waals surface area contributed by atoms with Crippen molar-refractivity contribution < 1.29 is 23.5 Å². The lowest BCUT2D eigenvalue weighted by Crippen LogP contribution is -2.51. The van der Waals surface area contributed by atoms with Gasteiger partial charge in [-0.25, -0.2) is 8.78 Å². The molecule has 0 bridgehead atoms. The van der Waals surface area contributed by atoms with Crippen LogP contribution in [0.15, 0.2) is 36.4 Å². The zero-order valence-electron chi connectivity index (χ0n) is 26.7. The van der Waals surface area contributed by atoms with Crippen molar-refractivity contribution >= 4 is 11.9 Å². The highest BCUT2D eigenvalue weighted by atomic mass is 19.1. The Morgan fingerprint density at radius 2 is 1.50 bits per heavy atom. The number of fused-ring (bicyclic) bond motifs is 1. The number of carboxylic acids is 1. The Labute approximate surface area is 251 Å². The molecule has 0 radical (unpaired) electrons. The maximum absolute atomic E-state index is 12.6. The van der Waals surface area contributed by atoms with Gasteiger partial charge in [0.1, 0.15) is 11.6 Å². The summed E-state index contributed by atoms with van der Waals surface area (Å²) in [5.41, 5.74) is 4.76. The van der Waals surface area contributed by atoms with E-state index in [0.717, 1.165) is 19.5 Å². The third-order valence-electron chi connectivity index (χ3n) is 7.98. The van der Waals surface area contributed by atoms with E-state index in [4.69, 9.17) is 5.11 Å². The van der Waals surface area contributed by atoms with E-state index in [9.17, 15) is 18.4 Å². The van der Waals surface area contributed by atoms with Gasteiger partial charge in [0.05, 0.1) is 12.5 Å². The van der Waals surface area contributed by atoms with E-state index in [0.29, 0.717) is 26.2 Å². The molecule has 2 saturated heterocycles. The number of carboxylic acid groups (broad SMARTS) is 1. The number of nitrogens with zero attached hydrogens (tertiary/aromatic N) is 3. The smallest absolute Gasteiger partial charge is 0.317 e. The van der Waals surface area contributed by atoms with Crippen LogP contribution in [0.2, 0.25) is 0 Å². The summed E-state index contributed by atoms with van der Waals surface area (Å²) in [6.45, 7) is 18.7. The first-order valence-corrected chi connectivity index (χ1v) is 15.3. The Kier molecular flexibility index (Phi) is 14.1. The van der Waals surface area contributed by atoms with Crippen molar-refractivity contribution in [2.75, 3.05) is 45.8 Å². The summed E-state index contributed by atoms with van der Waals surface area (Å²) in [5.74, 6) is -1.43. The van der Waals surface area contributed by atoms with Crippen LogP contribution in [0.1, 0.15) is 69.7 Å². The number of hydrogen-bond acceptors (Lipinski definition) is 4. The Hall–Kier alpha value is -2.84. The lowest BCUT2D eigenvalue weighted by Gasteiger charge is -2.35. The number of amides is 1. The van der Waals surface area contributed by atoms with Gasteiger partial charge in [0.25, 0.3) is 0 Å². The van der Waals surface area contributed by atoms with Gasteiger partial charge in [0, 0.05) is 43.8 Å². The molecule has 6 nitrogen and oxygen atoms in total. The molecule has 1 amide bonds. The van der Waals surface area contributed by atoms with Gasteiger partial charge < -0.3 is 10.0 Å². The molecule has 234 valence electrons. The molecule has 0 spiro atoms. The van der Waals surface area contributed by atoms with Crippen molar-refractivity contribution in [1.29, 1.82) is 0 Å². The molecule has 1 N–H and O–H groups in total. The molecule has 1 unspecified atom stereocenters. The van der Waals surface area contributed by atoms with Crippen molar-refractivity contribution in [1.82, 2.24) is 14.7 Å². The second-order valence-electron chi connectivity index (χ2n) is 12.1. The second-order valence-corrected chi connectivity index (χ2v) is 12.1. The number of aliphatic carboxylic acids is 1. The molecule has 2 heterocycles. The molecule has 2 aliphatic heterocycles. The Balaban J connectivity index is 0.000000242. The van der Waals surface area contributed by atoms with Gasteiger partial charge in [-0.1, -0.05) is 43.7 Å². The molecule has 42 heavy (non-hydrogen) atoms. The molecule has 2 fully saturated rings. The van der Waals surface area contributed by atoms with Crippen LogP contribution in [-0.2, 0) is 22.4 Å². The predicted octanol–water partition coefficient (Wildman–Crippen LogP) is 6.12. The Morgan fingerprint density at radius 1 is 0.905 bits per heavy atom. The molecule has 1 aliphatic carbocycles. The molecule has 0 aromatic heterocycles. The van der Waals surface area contributed by atoms with Gasteiger partial charge in [0.2, 0.25) is 5.91 Å². The average molecular weight is 588 g/mol. The molecule has 3 aliphatic rings. The molecular weight excluding hydrogens is 536 g/mol. The summed E-state index contributed by atoms with van der Waals surface area (Å²) < 4.78 is 24.7. The van der Waals surface area contributed by atoms with Gasteiger partial charge in [-0.3, -0.25) is 19.4 Å². The minimum absolute atomic E-state index is 0.0727. The minimum Gasteiger partial charge on any atom is -0.480 e. The minimum atomic E-state index is -0.800. The van der Waals surface area contributed by atoms with Crippen LogP contribution in [0.4, 0.5) is 8.78 Å². The van der Waals surface area contributed by atoms with E-state index in [1.54, 1.807) is 11.1 Å². The first kappa shape index (κ1) is 35.4. The summed E-state index contributed by atoms with van der Waals surface area (Å²) in [5, 5.41) is 8.79. The van der Waals surface area contributed by atoms with E-state index in [1.165, 1.54) is 49.9 Å². The molecule has 1 atom stereocenters. The maximum Gasteiger partial charge on any atom is 0.317 e. The molecule has 2 aromatic carbocycles. The van der Waals surface area contributed by atoms with Gasteiger partial charge in [-0.2, -0.15) is 0 Å². The Morgan fingerprint density at radius 3 is 2.02 bits per heavy atom. The quantitative estimate of drug-likeness (QED) is 0.469. The first-order valence-electron chi connectivity index (χ1n) is 15.3. The van der Waals surface area contributed by atoms with Crippen molar-refractivity contribution in [2.45, 2.75) is 79.7 Å². The van der Waals surface area contributed by atoms with Gasteiger partial charge in [0.15, 0.2) is 0 Å². The maximum atomic E-state index is 12.6. The predicted molar refractivity (Wildman–Crippen MR) is 166 cm³/mol. The first-order chi connectivity index (χ1) is 19.8. The van der Waals surface area contributed by atoms with E-state index in [2.05, 4.69) is 50.8 Å². The standard InChI is InChI=1S/C15H27N3O3.C10H12.C7H6F2.C2H6/c1-15(2,3)18-5-4-12(10-18)14(21)17-8-6-16(7-9-17)11-13(19)20;1-8-5-6-9-3-2-4-10(9)7-8;1-5-6(8)3-2-4-7(5)9;1-2/h12H,4-11H2,1-3H3,(H,19,20);5-7H,2-4H2,1H3;2-4H,1H3;1-2H3. The zero-order chi connectivity index (χ0) is 31.4. The highest BCUT2D eigenvalue weighted by Gasteiger charge is 2.36. The van der Waals surface area contributed by atoms with Gasteiger partial charge in [-0.15, -0.1) is 0 Å². The van der Waals surface area contributed by atoms with Crippen LogP contribution >= 0.6 is 0 Å². The molecule has 5 rings (SSSR count). The van der Waals surface area contributed by atoms with Crippen molar-refractivity contribution in [2.24, 2.45) is 5.92 Å². The average Bonchev–Trinajstić information content (AvgIpc) is 3.63. The third-order valence-corrected chi connectivity index (χ3v) is 7.98. The van der Waals surface area contributed by atoms with Gasteiger partial charge >= 0.3 is 5.97 Å². The normalized spacial score (nSPS) is 18.5. The van der Waals surface area contributed by atoms with Crippen LogP contribution < -0.4 is 0 Å². The second kappa shape index (κ2) is 16.7. The number of carbonyl (C=O) groups excluding carboxylic acids is 1. The van der Waals surface area contributed by atoms with Crippen LogP contribution in [0.25, 0.3) is 0 Å². The number of carbonyl (C=O) groups is 2. The largest absolute Gasteiger partial charge is 0.480 e. The molecule has 8 heteroatoms. The van der Waals surface area contributed by atoms with Crippen molar-refractivity contribution in [3.8, 4) is 0 Å². The van der Waals surface area contributed by atoms with E-state index >= 15 is 0 Å².